The summed E-state index contributed by atoms with van der Waals surface area (Å²) in [5, 5.41) is 0. The number of hydrogen-bond donors (Lipinski definition) is 1. The second-order valence-electron chi connectivity index (χ2n) is 3.35. The second kappa shape index (κ2) is 4.16. The molecule has 0 aliphatic carbocycles. The fourth-order valence-corrected chi connectivity index (χ4v) is 1.45. The molecule has 0 spiro atoms. The Morgan fingerprint density at radius 2 is 2.33 bits per heavy atom. The molecule has 1 saturated heterocycles. The monoisotopic (exact) mass is 188 g/mol. The van der Waals surface area contributed by atoms with Gasteiger partial charge >= 0.3 is 0 Å². The van der Waals surface area contributed by atoms with Crippen LogP contribution >= 0.6 is 12.2 Å². The maximum Gasteiger partial charge on any atom is 0.120 e. The molecule has 1 heterocycles. The molecule has 1 aliphatic rings. The SMILES string of the molecule is CC(C)N1CCOC(C(N)=S)C1. The van der Waals surface area contributed by atoms with Gasteiger partial charge in [-0.3, -0.25) is 4.90 Å². The molecule has 3 nitrogen and oxygen atoms in total. The first-order chi connectivity index (χ1) is 5.61. The number of nitrogens with zero attached hydrogens (tertiary/aromatic N) is 1. The lowest BCUT2D eigenvalue weighted by Crippen LogP contribution is -2.50. The summed E-state index contributed by atoms with van der Waals surface area (Å²) in [5.74, 6) is 0. The van der Waals surface area contributed by atoms with Crippen LogP contribution in [0.1, 0.15) is 13.8 Å². The summed E-state index contributed by atoms with van der Waals surface area (Å²) in [7, 11) is 0. The van der Waals surface area contributed by atoms with E-state index >= 15 is 0 Å². The highest BCUT2D eigenvalue weighted by molar-refractivity contribution is 7.80. The molecule has 0 amide bonds. The highest BCUT2D eigenvalue weighted by atomic mass is 32.1. The summed E-state index contributed by atoms with van der Waals surface area (Å²) in [4.78, 5) is 2.80. The van der Waals surface area contributed by atoms with Crippen molar-refractivity contribution in [2.75, 3.05) is 19.7 Å². The molecule has 1 rings (SSSR count). The molecule has 4 heteroatoms. The maximum atomic E-state index is 5.51. The number of ether oxygens (including phenoxy) is 1. The van der Waals surface area contributed by atoms with Crippen molar-refractivity contribution in [3.05, 3.63) is 0 Å². The summed E-state index contributed by atoms with van der Waals surface area (Å²) in [6, 6.07) is 0.547. The molecule has 0 aromatic carbocycles. The van der Waals surface area contributed by atoms with E-state index in [2.05, 4.69) is 18.7 Å². The lowest BCUT2D eigenvalue weighted by atomic mass is 10.2. The highest BCUT2D eigenvalue weighted by Crippen LogP contribution is 2.08. The van der Waals surface area contributed by atoms with Gasteiger partial charge in [0.1, 0.15) is 11.1 Å². The summed E-state index contributed by atoms with van der Waals surface area (Å²) < 4.78 is 5.41. The molecule has 12 heavy (non-hydrogen) atoms. The Morgan fingerprint density at radius 3 is 2.83 bits per heavy atom. The fraction of sp³-hybridized carbons (Fsp3) is 0.875. The number of hydrogen-bond acceptors (Lipinski definition) is 3. The fourth-order valence-electron chi connectivity index (χ4n) is 1.31. The summed E-state index contributed by atoms with van der Waals surface area (Å²) in [6.07, 6.45) is -0.0452. The van der Waals surface area contributed by atoms with Gasteiger partial charge in [0.05, 0.1) is 6.61 Å². The molecule has 70 valence electrons. The van der Waals surface area contributed by atoms with E-state index in [9.17, 15) is 0 Å². The van der Waals surface area contributed by atoms with Crippen LogP contribution in [0, 0.1) is 0 Å². The van der Waals surface area contributed by atoms with Gasteiger partial charge in [-0.05, 0) is 13.8 Å². The van der Waals surface area contributed by atoms with E-state index in [1.54, 1.807) is 0 Å². The molecular formula is C8H16N2OS. The van der Waals surface area contributed by atoms with Crippen molar-refractivity contribution < 1.29 is 4.74 Å². The standard InChI is InChI=1S/C8H16N2OS/c1-6(2)10-3-4-11-7(5-10)8(9)12/h6-7H,3-5H2,1-2H3,(H2,9,12). The molecule has 0 aromatic rings. The Balaban J connectivity index is 2.46. The third-order valence-electron chi connectivity index (χ3n) is 2.15. The summed E-state index contributed by atoms with van der Waals surface area (Å²) in [6.45, 7) is 6.90. The number of rotatable bonds is 2. The zero-order valence-electron chi connectivity index (χ0n) is 7.62. The highest BCUT2D eigenvalue weighted by Gasteiger charge is 2.23. The van der Waals surface area contributed by atoms with Gasteiger partial charge < -0.3 is 10.5 Å². The average molecular weight is 188 g/mol. The summed E-state index contributed by atoms with van der Waals surface area (Å²) in [5.41, 5.74) is 5.51. The average Bonchev–Trinajstić information content (AvgIpc) is 2.04. The molecule has 2 N–H and O–H groups in total. The maximum absolute atomic E-state index is 5.51. The van der Waals surface area contributed by atoms with Crippen LogP contribution in [-0.2, 0) is 4.74 Å². The minimum absolute atomic E-state index is 0.0452. The second-order valence-corrected chi connectivity index (χ2v) is 3.82. The van der Waals surface area contributed by atoms with Crippen molar-refractivity contribution in [2.24, 2.45) is 5.73 Å². The van der Waals surface area contributed by atoms with Gasteiger partial charge in [-0.25, -0.2) is 0 Å². The Morgan fingerprint density at radius 1 is 1.67 bits per heavy atom. The molecule has 0 bridgehead atoms. The van der Waals surface area contributed by atoms with E-state index < -0.39 is 0 Å². The van der Waals surface area contributed by atoms with Crippen molar-refractivity contribution in [1.29, 1.82) is 0 Å². The van der Waals surface area contributed by atoms with Crippen molar-refractivity contribution in [3.63, 3.8) is 0 Å². The van der Waals surface area contributed by atoms with E-state index in [0.29, 0.717) is 11.0 Å². The Labute approximate surface area is 78.9 Å². The molecule has 0 radical (unpaired) electrons. The van der Waals surface area contributed by atoms with Gasteiger partial charge in [0.25, 0.3) is 0 Å². The van der Waals surface area contributed by atoms with Crippen LogP contribution in [0.3, 0.4) is 0 Å². The van der Waals surface area contributed by atoms with Crippen molar-refractivity contribution in [1.82, 2.24) is 4.90 Å². The molecule has 1 fully saturated rings. The van der Waals surface area contributed by atoms with E-state index in [0.717, 1.165) is 19.7 Å². The first-order valence-electron chi connectivity index (χ1n) is 4.26. The third-order valence-corrected chi connectivity index (χ3v) is 2.41. The predicted molar refractivity (Wildman–Crippen MR) is 53.2 cm³/mol. The van der Waals surface area contributed by atoms with Gasteiger partial charge in [-0.2, -0.15) is 0 Å². The van der Waals surface area contributed by atoms with E-state index in [-0.39, 0.29) is 6.10 Å². The molecule has 1 atom stereocenters. The molecule has 1 aliphatic heterocycles. The van der Waals surface area contributed by atoms with Gasteiger partial charge in [-0.1, -0.05) is 12.2 Å². The largest absolute Gasteiger partial charge is 0.391 e. The third kappa shape index (κ3) is 2.40. The van der Waals surface area contributed by atoms with Crippen LogP contribution in [0.25, 0.3) is 0 Å². The quantitative estimate of drug-likeness (QED) is 0.636. The lowest BCUT2D eigenvalue weighted by Gasteiger charge is -2.34. The summed E-state index contributed by atoms with van der Waals surface area (Å²) >= 11 is 4.88. The molecular weight excluding hydrogens is 172 g/mol. The first-order valence-corrected chi connectivity index (χ1v) is 4.67. The zero-order valence-corrected chi connectivity index (χ0v) is 8.43. The van der Waals surface area contributed by atoms with Crippen LogP contribution in [-0.4, -0.2) is 41.7 Å². The van der Waals surface area contributed by atoms with Crippen LogP contribution < -0.4 is 5.73 Å². The molecule has 0 aromatic heterocycles. The zero-order chi connectivity index (χ0) is 9.14. The Bertz CT molecular complexity index is 172. The van der Waals surface area contributed by atoms with E-state index in [1.165, 1.54) is 0 Å². The van der Waals surface area contributed by atoms with Crippen molar-refractivity contribution in [3.8, 4) is 0 Å². The molecule has 0 saturated carbocycles. The smallest absolute Gasteiger partial charge is 0.120 e. The van der Waals surface area contributed by atoms with Crippen LogP contribution in [0.2, 0.25) is 0 Å². The van der Waals surface area contributed by atoms with E-state index in [4.69, 9.17) is 22.7 Å². The first kappa shape index (κ1) is 9.89. The van der Waals surface area contributed by atoms with Crippen LogP contribution in [0.4, 0.5) is 0 Å². The van der Waals surface area contributed by atoms with Gasteiger partial charge in [0, 0.05) is 19.1 Å². The van der Waals surface area contributed by atoms with Crippen molar-refractivity contribution >= 4 is 17.2 Å². The Hall–Kier alpha value is -0.190. The minimum atomic E-state index is -0.0452. The lowest BCUT2D eigenvalue weighted by molar-refractivity contribution is -0.00494. The number of morpholine rings is 1. The van der Waals surface area contributed by atoms with Crippen LogP contribution in [0.15, 0.2) is 0 Å². The topological polar surface area (TPSA) is 38.5 Å². The van der Waals surface area contributed by atoms with Gasteiger partial charge in [-0.15, -0.1) is 0 Å². The van der Waals surface area contributed by atoms with E-state index in [1.807, 2.05) is 0 Å². The van der Waals surface area contributed by atoms with Gasteiger partial charge in [0.2, 0.25) is 0 Å². The van der Waals surface area contributed by atoms with Crippen LogP contribution in [0.5, 0.6) is 0 Å². The number of nitrogens with two attached hydrogens (primary N) is 1. The van der Waals surface area contributed by atoms with Gasteiger partial charge in [0.15, 0.2) is 0 Å². The molecule has 1 unspecified atom stereocenters. The predicted octanol–water partition coefficient (Wildman–Crippen LogP) is 0.382. The minimum Gasteiger partial charge on any atom is -0.391 e. The van der Waals surface area contributed by atoms with Crippen molar-refractivity contribution in [2.45, 2.75) is 26.0 Å². The normalized spacial score (nSPS) is 26.1. The Kier molecular flexibility index (Phi) is 3.43. The number of thiocarbonyl (C=S) groups is 1.